The van der Waals surface area contributed by atoms with E-state index in [9.17, 15) is 14.8 Å². The van der Waals surface area contributed by atoms with Crippen molar-refractivity contribution in [2.24, 2.45) is 5.73 Å². The topological polar surface area (TPSA) is 140 Å². The van der Waals surface area contributed by atoms with Gasteiger partial charge >= 0.3 is 0 Å². The third-order valence-electron chi connectivity index (χ3n) is 6.42. The highest BCUT2D eigenvalue weighted by atomic mass is 16.5. The number of hydroxylamine groups is 1. The highest BCUT2D eigenvalue weighted by molar-refractivity contribution is 5.93. The number of hydrogen-bond acceptors (Lipinski definition) is 8. The smallest absolute Gasteiger partial charge is 0.250 e. The van der Waals surface area contributed by atoms with Crippen molar-refractivity contribution in [3.63, 3.8) is 0 Å². The van der Waals surface area contributed by atoms with E-state index in [1.165, 1.54) is 0 Å². The summed E-state index contributed by atoms with van der Waals surface area (Å²) < 4.78 is 7.51. The quantitative estimate of drug-likeness (QED) is 0.228. The normalized spacial score (nSPS) is 13.9. The molecule has 0 spiro atoms. The Kier molecular flexibility index (Phi) is 8.67. The van der Waals surface area contributed by atoms with Crippen molar-refractivity contribution in [3.05, 3.63) is 30.6 Å². The van der Waals surface area contributed by atoms with Crippen LogP contribution in [-0.2, 0) is 14.3 Å². The molecule has 11 nitrogen and oxygen atoms in total. The van der Waals surface area contributed by atoms with Crippen LogP contribution in [-0.4, -0.2) is 62.8 Å². The van der Waals surface area contributed by atoms with Crippen LogP contribution in [0.5, 0.6) is 0 Å². The van der Waals surface area contributed by atoms with E-state index in [2.05, 4.69) is 23.7 Å². The van der Waals surface area contributed by atoms with Crippen molar-refractivity contribution in [1.82, 2.24) is 19.5 Å². The largest absolute Gasteiger partial charge is 0.378 e. The van der Waals surface area contributed by atoms with Gasteiger partial charge in [0.25, 0.3) is 5.91 Å². The van der Waals surface area contributed by atoms with Crippen LogP contribution in [0.15, 0.2) is 30.6 Å². The number of amides is 2. The minimum Gasteiger partial charge on any atom is -0.378 e. The lowest BCUT2D eigenvalue weighted by atomic mass is 10.1. The van der Waals surface area contributed by atoms with Gasteiger partial charge in [-0.1, -0.05) is 25.0 Å². The third kappa shape index (κ3) is 6.41. The predicted molar refractivity (Wildman–Crippen MR) is 140 cm³/mol. The molecule has 1 aromatic carbocycles. The minimum atomic E-state index is -0.391. The van der Waals surface area contributed by atoms with Crippen LogP contribution in [0, 0.1) is 0 Å². The number of fused-ring (bicyclic) bond motifs is 1. The number of benzene rings is 1. The average Bonchev–Trinajstić information content (AvgIpc) is 3.34. The molecule has 1 saturated heterocycles. The summed E-state index contributed by atoms with van der Waals surface area (Å²) in [6, 6.07) is 7.26. The van der Waals surface area contributed by atoms with Crippen LogP contribution < -0.4 is 15.7 Å². The Hall–Kier alpha value is -3.57. The Morgan fingerprint density at radius 3 is 2.54 bits per heavy atom. The number of hydrogen-bond donors (Lipinski definition) is 2. The number of nitrogens with zero attached hydrogens (tertiary/aromatic N) is 6. The number of anilines is 2. The van der Waals surface area contributed by atoms with Gasteiger partial charge in [0.2, 0.25) is 11.9 Å². The number of carbonyl (C=O) groups excluding carboxylic acids is 2. The van der Waals surface area contributed by atoms with Crippen molar-refractivity contribution in [3.8, 4) is 11.3 Å². The number of primary amides is 1. The summed E-state index contributed by atoms with van der Waals surface area (Å²) in [4.78, 5) is 39.9. The predicted octanol–water partition coefficient (Wildman–Crippen LogP) is 3.46. The minimum absolute atomic E-state index is 0.165. The highest BCUT2D eigenvalue weighted by Crippen LogP contribution is 2.31. The molecule has 3 heterocycles. The fourth-order valence-electron chi connectivity index (χ4n) is 4.35. The Morgan fingerprint density at radius 2 is 1.84 bits per heavy atom. The Balaban J connectivity index is 1.56. The first-order chi connectivity index (χ1) is 17.8. The zero-order chi connectivity index (χ0) is 26.4. The van der Waals surface area contributed by atoms with Gasteiger partial charge in [0, 0.05) is 37.5 Å². The zero-order valence-corrected chi connectivity index (χ0v) is 21.5. The Bertz CT molecular complexity index is 1240. The lowest BCUT2D eigenvalue weighted by Gasteiger charge is -2.27. The van der Waals surface area contributed by atoms with Crippen molar-refractivity contribution in [1.29, 1.82) is 0 Å². The SMILES string of the molecule is CC(C)n1cnc2c(-c3cccc(N(O)C(=O)CCCCCCC(N)=O)c3)nc(N3CCOCC3)nc21. The second-order valence-corrected chi connectivity index (χ2v) is 9.53. The first-order valence-electron chi connectivity index (χ1n) is 12.8. The maximum Gasteiger partial charge on any atom is 0.250 e. The van der Waals surface area contributed by atoms with E-state index in [0.717, 1.165) is 24.1 Å². The van der Waals surface area contributed by atoms with Crippen LogP contribution in [0.1, 0.15) is 58.4 Å². The van der Waals surface area contributed by atoms with Gasteiger partial charge in [-0.3, -0.25) is 14.8 Å². The summed E-state index contributed by atoms with van der Waals surface area (Å²) in [6.07, 6.45) is 5.26. The molecule has 11 heteroatoms. The molecule has 198 valence electrons. The summed E-state index contributed by atoms with van der Waals surface area (Å²) in [7, 11) is 0. The summed E-state index contributed by atoms with van der Waals surface area (Å²) in [5.41, 5.74) is 8.28. The van der Waals surface area contributed by atoms with Gasteiger partial charge in [0.05, 0.1) is 25.2 Å². The summed E-state index contributed by atoms with van der Waals surface area (Å²) >= 11 is 0. The first-order valence-corrected chi connectivity index (χ1v) is 12.8. The third-order valence-corrected chi connectivity index (χ3v) is 6.42. The molecular formula is C26H35N7O4. The molecule has 2 aromatic heterocycles. The van der Waals surface area contributed by atoms with E-state index in [4.69, 9.17) is 20.4 Å². The molecule has 1 fully saturated rings. The maximum absolute atomic E-state index is 12.6. The second kappa shape index (κ2) is 12.1. The first kappa shape index (κ1) is 26.5. The number of unbranched alkanes of at least 4 members (excludes halogenated alkanes) is 3. The van der Waals surface area contributed by atoms with E-state index in [0.29, 0.717) is 73.5 Å². The average molecular weight is 510 g/mol. The number of morpholine rings is 1. The molecule has 1 aliphatic rings. The summed E-state index contributed by atoms with van der Waals surface area (Å²) in [5.74, 6) is -0.101. The van der Waals surface area contributed by atoms with Crippen molar-refractivity contribution in [2.45, 2.75) is 58.4 Å². The maximum atomic E-state index is 12.6. The van der Waals surface area contributed by atoms with Crippen LogP contribution in [0.25, 0.3) is 22.4 Å². The molecule has 3 N–H and O–H groups in total. The van der Waals surface area contributed by atoms with E-state index in [1.54, 1.807) is 24.5 Å². The molecule has 2 amide bonds. The molecule has 0 aliphatic carbocycles. The molecule has 0 bridgehead atoms. The molecule has 0 saturated carbocycles. The van der Waals surface area contributed by atoms with Crippen molar-refractivity contribution >= 4 is 34.6 Å². The van der Waals surface area contributed by atoms with Gasteiger partial charge < -0.3 is 19.9 Å². The monoisotopic (exact) mass is 509 g/mol. The van der Waals surface area contributed by atoms with Gasteiger partial charge in [-0.25, -0.2) is 9.97 Å². The summed E-state index contributed by atoms with van der Waals surface area (Å²) in [5, 5.41) is 11.3. The van der Waals surface area contributed by atoms with E-state index < -0.39 is 5.91 Å². The molecule has 4 rings (SSSR count). The second-order valence-electron chi connectivity index (χ2n) is 9.53. The highest BCUT2D eigenvalue weighted by Gasteiger charge is 2.22. The molecule has 0 radical (unpaired) electrons. The molecular weight excluding hydrogens is 474 g/mol. The van der Waals surface area contributed by atoms with E-state index >= 15 is 0 Å². The fourth-order valence-corrected chi connectivity index (χ4v) is 4.35. The van der Waals surface area contributed by atoms with Gasteiger partial charge in [0.1, 0.15) is 11.2 Å². The van der Waals surface area contributed by atoms with E-state index in [-0.39, 0.29) is 18.4 Å². The van der Waals surface area contributed by atoms with Crippen molar-refractivity contribution < 1.29 is 19.5 Å². The van der Waals surface area contributed by atoms with Gasteiger partial charge in [-0.2, -0.15) is 10.0 Å². The number of rotatable bonds is 11. The fraction of sp³-hybridized carbons (Fsp3) is 0.500. The summed E-state index contributed by atoms with van der Waals surface area (Å²) in [6.45, 7) is 6.77. The molecule has 0 unspecified atom stereocenters. The van der Waals surface area contributed by atoms with E-state index in [1.807, 2.05) is 10.6 Å². The number of imidazole rings is 1. The number of carbonyl (C=O) groups is 2. The molecule has 1 aliphatic heterocycles. The van der Waals surface area contributed by atoms with Crippen molar-refractivity contribution in [2.75, 3.05) is 36.3 Å². The van der Waals surface area contributed by atoms with Crippen LogP contribution in [0.3, 0.4) is 0 Å². The zero-order valence-electron chi connectivity index (χ0n) is 21.5. The lowest BCUT2D eigenvalue weighted by molar-refractivity contribution is -0.123. The molecule has 3 aromatic rings. The number of ether oxygens (including phenoxy) is 1. The molecule has 0 atom stereocenters. The number of aromatic nitrogens is 4. The van der Waals surface area contributed by atoms with Crippen LogP contribution in [0.2, 0.25) is 0 Å². The van der Waals surface area contributed by atoms with Crippen LogP contribution in [0.4, 0.5) is 11.6 Å². The lowest BCUT2D eigenvalue weighted by Crippen LogP contribution is -2.37. The standard InChI is InChI=1S/C26H35N7O4/c1-18(2)32-17-28-24-23(29-26(30-25(24)32)31-12-14-37-15-13-31)19-8-7-9-20(16-19)33(36)22(35)11-6-4-3-5-10-21(27)34/h7-9,16-18,36H,3-6,10-15H2,1-2H3,(H2,27,34). The van der Waals surface area contributed by atoms with Gasteiger partial charge in [-0.15, -0.1) is 0 Å². The Morgan fingerprint density at radius 1 is 1.11 bits per heavy atom. The van der Waals surface area contributed by atoms with Gasteiger partial charge in [-0.05, 0) is 38.8 Å². The molecule has 37 heavy (non-hydrogen) atoms. The van der Waals surface area contributed by atoms with Gasteiger partial charge in [0.15, 0.2) is 5.65 Å². The van der Waals surface area contributed by atoms with Crippen LogP contribution >= 0.6 is 0 Å². The number of nitrogens with two attached hydrogens (primary N) is 1. The Labute approximate surface area is 216 Å².